The summed E-state index contributed by atoms with van der Waals surface area (Å²) >= 11 is 1.87. The van der Waals surface area contributed by atoms with Gasteiger partial charge in [-0.1, -0.05) is 6.07 Å². The minimum absolute atomic E-state index is 0.0763. The zero-order chi connectivity index (χ0) is 36.3. The van der Waals surface area contributed by atoms with Gasteiger partial charge in [0.25, 0.3) is 5.91 Å². The Kier molecular flexibility index (Phi) is 13.0. The van der Waals surface area contributed by atoms with Crippen LogP contribution >= 0.6 is 11.8 Å². The van der Waals surface area contributed by atoms with E-state index in [0.717, 1.165) is 65.0 Å². The molecule has 0 aromatic heterocycles. The number of unbranched alkanes of at least 4 members (excludes halogenated alkanes) is 1. The standard InChI is InChI=1S/C37H49N7O7S/c1-48-29-20-24-19-27-33(26(24)21-30(29)49-2)43-44-35(27)40-25-9-5-8-23(18-25)36(46)39-13-7-15-51-17-16-50-14-4-3-12-38-32(45)11-6-10-31-34-28(22-52-31)41-37(47)42-34/h5,8-9,18-21,28,31,34,40,43-44H,3-4,6-7,10-17,22H2,1-2H3,(H,38,45)(H,39,46)(H2,41,42,47). The molecule has 2 saturated heterocycles. The molecule has 3 atom stereocenters. The first-order valence-corrected chi connectivity index (χ1v) is 19.0. The summed E-state index contributed by atoms with van der Waals surface area (Å²) in [5.41, 5.74) is 3.26. The molecule has 7 N–H and O–H groups in total. The highest BCUT2D eigenvalue weighted by molar-refractivity contribution is 8.00. The predicted molar refractivity (Wildman–Crippen MR) is 202 cm³/mol. The molecule has 3 aliphatic heterocycles. The molecule has 4 aliphatic rings. The number of amides is 4. The van der Waals surface area contributed by atoms with E-state index in [2.05, 4.69) is 42.8 Å². The molecule has 3 unspecified atom stereocenters. The van der Waals surface area contributed by atoms with Crippen LogP contribution < -0.4 is 36.1 Å². The number of fused-ring (bicyclic) bond motifs is 4. The van der Waals surface area contributed by atoms with Crippen LogP contribution in [-0.2, 0) is 14.3 Å². The second-order valence-electron chi connectivity index (χ2n) is 13.0. The fourth-order valence-electron chi connectivity index (χ4n) is 6.66. The highest BCUT2D eigenvalue weighted by Crippen LogP contribution is 2.42. The van der Waals surface area contributed by atoms with E-state index >= 15 is 0 Å². The Labute approximate surface area is 307 Å². The van der Waals surface area contributed by atoms with E-state index < -0.39 is 0 Å². The third-order valence-electron chi connectivity index (χ3n) is 9.36. The number of thioether (sulfide) groups is 1. The van der Waals surface area contributed by atoms with Crippen molar-refractivity contribution in [3.63, 3.8) is 0 Å². The smallest absolute Gasteiger partial charge is 0.315 e. The molecule has 14 nitrogen and oxygen atoms in total. The van der Waals surface area contributed by atoms with Gasteiger partial charge in [0.1, 0.15) is 5.82 Å². The van der Waals surface area contributed by atoms with Crippen molar-refractivity contribution in [1.29, 1.82) is 0 Å². The largest absolute Gasteiger partial charge is 0.493 e. The number of nitrogens with one attached hydrogen (secondary N) is 7. The lowest BCUT2D eigenvalue weighted by molar-refractivity contribution is -0.121. The minimum Gasteiger partial charge on any atom is -0.493 e. The number of benzene rings is 2. The maximum Gasteiger partial charge on any atom is 0.315 e. The molecule has 0 spiro atoms. The van der Waals surface area contributed by atoms with Crippen LogP contribution in [0.5, 0.6) is 11.5 Å². The van der Waals surface area contributed by atoms with Crippen molar-refractivity contribution in [2.75, 3.05) is 64.8 Å². The molecule has 0 saturated carbocycles. The third kappa shape index (κ3) is 9.43. The van der Waals surface area contributed by atoms with Crippen LogP contribution in [0.15, 0.2) is 42.5 Å². The average molecular weight is 736 g/mol. The van der Waals surface area contributed by atoms with Gasteiger partial charge in [0.2, 0.25) is 5.91 Å². The molecule has 52 heavy (non-hydrogen) atoms. The lowest BCUT2D eigenvalue weighted by Crippen LogP contribution is -2.37. The highest BCUT2D eigenvalue weighted by Gasteiger charge is 2.42. The zero-order valence-corrected chi connectivity index (χ0v) is 30.5. The number of ether oxygens (including phenoxy) is 4. The lowest BCUT2D eigenvalue weighted by Gasteiger charge is -2.16. The Morgan fingerprint density at radius 1 is 0.865 bits per heavy atom. The van der Waals surface area contributed by atoms with Crippen LogP contribution in [-0.4, -0.2) is 105 Å². The normalized spacial score (nSPS) is 17.9. The molecule has 15 heteroatoms. The van der Waals surface area contributed by atoms with Crippen molar-refractivity contribution in [1.82, 2.24) is 31.5 Å². The zero-order valence-electron chi connectivity index (χ0n) is 29.7. The first-order valence-electron chi connectivity index (χ1n) is 17.9. The number of hydrogen-bond acceptors (Lipinski definition) is 9. The van der Waals surface area contributed by atoms with Crippen molar-refractivity contribution in [3.8, 4) is 22.8 Å². The van der Waals surface area contributed by atoms with Gasteiger partial charge in [-0.05, 0) is 73.9 Å². The second-order valence-corrected chi connectivity index (χ2v) is 14.2. The van der Waals surface area contributed by atoms with Gasteiger partial charge in [-0.2, -0.15) is 11.8 Å². The Morgan fingerprint density at radius 3 is 2.48 bits per heavy atom. The van der Waals surface area contributed by atoms with E-state index in [9.17, 15) is 14.4 Å². The van der Waals surface area contributed by atoms with Crippen LogP contribution in [0.2, 0.25) is 0 Å². The summed E-state index contributed by atoms with van der Waals surface area (Å²) in [6, 6.07) is 13.7. The summed E-state index contributed by atoms with van der Waals surface area (Å²) in [5, 5.41) is 24.1. The molecule has 0 radical (unpaired) electrons. The summed E-state index contributed by atoms with van der Waals surface area (Å²) in [6.45, 7) is 3.27. The first kappa shape index (κ1) is 37.2. The molecule has 1 aliphatic carbocycles. The Morgan fingerprint density at radius 2 is 1.65 bits per heavy atom. The fraction of sp³-hybridized carbons (Fsp3) is 0.486. The number of hydrogen-bond donors (Lipinski definition) is 7. The number of carbonyl (C=O) groups excluding carboxylic acids is 3. The van der Waals surface area contributed by atoms with E-state index in [1.165, 1.54) is 0 Å². The average Bonchev–Trinajstić information content (AvgIpc) is 3.91. The van der Waals surface area contributed by atoms with Gasteiger partial charge in [0, 0.05) is 65.9 Å². The SMILES string of the molecule is COc1cc2cc3c(Nc4cccc(C(=O)NCCCOCCOCCCCNC(=O)CCCC5SCC6NC(=O)NC65)c4)[nH][nH]c-3c2cc1OC. The Bertz CT molecular complexity index is 1780. The van der Waals surface area contributed by atoms with Crippen LogP contribution in [0.3, 0.4) is 0 Å². The molecule has 2 aromatic rings. The molecule has 3 heterocycles. The van der Waals surface area contributed by atoms with Gasteiger partial charge in [-0.15, -0.1) is 0 Å². The van der Waals surface area contributed by atoms with E-state index in [1.807, 2.05) is 42.1 Å². The number of anilines is 2. The lowest BCUT2D eigenvalue weighted by atomic mass is 10.0. The van der Waals surface area contributed by atoms with Gasteiger partial charge >= 0.3 is 6.03 Å². The molecule has 0 bridgehead atoms. The number of carbonyl (C=O) groups is 3. The van der Waals surface area contributed by atoms with Gasteiger partial charge in [-0.25, -0.2) is 4.79 Å². The number of methoxy groups -OCH3 is 2. The topological polar surface area (TPSA) is 180 Å². The summed E-state index contributed by atoms with van der Waals surface area (Å²) < 4.78 is 22.2. The molecule has 280 valence electrons. The van der Waals surface area contributed by atoms with Gasteiger partial charge < -0.3 is 45.5 Å². The molecule has 4 amide bonds. The Hall–Kier alpha value is -4.60. The monoisotopic (exact) mass is 735 g/mol. The van der Waals surface area contributed by atoms with Crippen molar-refractivity contribution < 1.29 is 33.3 Å². The van der Waals surface area contributed by atoms with E-state index in [1.54, 1.807) is 20.3 Å². The van der Waals surface area contributed by atoms with Crippen LogP contribution in [0.1, 0.15) is 48.9 Å². The van der Waals surface area contributed by atoms with Crippen molar-refractivity contribution in [2.24, 2.45) is 0 Å². The quantitative estimate of drug-likeness (QED) is 0.0470. The summed E-state index contributed by atoms with van der Waals surface area (Å²) in [5.74, 6) is 2.98. The van der Waals surface area contributed by atoms with Crippen LogP contribution in [0.25, 0.3) is 22.0 Å². The van der Waals surface area contributed by atoms with E-state index in [0.29, 0.717) is 74.7 Å². The molecule has 2 fully saturated rings. The number of H-pyrrole nitrogens is 2. The van der Waals surface area contributed by atoms with Crippen molar-refractivity contribution in [2.45, 2.75) is 55.9 Å². The number of aromatic amines is 2. The molecular weight excluding hydrogens is 687 g/mol. The number of rotatable bonds is 21. The van der Waals surface area contributed by atoms with Crippen LogP contribution in [0, 0.1) is 0 Å². The molecule has 6 rings (SSSR count). The van der Waals surface area contributed by atoms with E-state index in [-0.39, 0.29) is 29.9 Å². The number of urea groups is 1. The Balaban J connectivity index is 0.782. The number of aromatic nitrogens is 2. The van der Waals surface area contributed by atoms with Gasteiger partial charge in [-0.3, -0.25) is 19.8 Å². The van der Waals surface area contributed by atoms with Crippen LogP contribution in [0.4, 0.5) is 16.3 Å². The predicted octanol–water partition coefficient (Wildman–Crippen LogP) is 4.75. The second kappa shape index (κ2) is 18.2. The van der Waals surface area contributed by atoms with E-state index in [4.69, 9.17) is 18.9 Å². The van der Waals surface area contributed by atoms with Crippen molar-refractivity contribution >= 4 is 51.9 Å². The molecular formula is C37H49N7O7S. The van der Waals surface area contributed by atoms with Gasteiger partial charge in [0.05, 0.1) is 45.2 Å². The van der Waals surface area contributed by atoms with Crippen molar-refractivity contribution in [3.05, 3.63) is 48.0 Å². The summed E-state index contributed by atoms with van der Waals surface area (Å²) in [4.78, 5) is 36.5. The highest BCUT2D eigenvalue weighted by atomic mass is 32.2. The van der Waals surface area contributed by atoms with Gasteiger partial charge in [0.15, 0.2) is 11.5 Å². The summed E-state index contributed by atoms with van der Waals surface area (Å²) in [6.07, 6.45) is 4.67. The summed E-state index contributed by atoms with van der Waals surface area (Å²) in [7, 11) is 3.24. The first-order chi connectivity index (χ1) is 25.4. The maximum absolute atomic E-state index is 12.8. The molecule has 2 aromatic carbocycles. The maximum atomic E-state index is 12.8. The fourth-order valence-corrected chi connectivity index (χ4v) is 8.20. The minimum atomic E-state index is -0.149. The third-order valence-corrected chi connectivity index (χ3v) is 10.9.